The van der Waals surface area contributed by atoms with Gasteiger partial charge in [-0.3, -0.25) is 0 Å². The van der Waals surface area contributed by atoms with Gasteiger partial charge in [-0.1, -0.05) is 142 Å². The Bertz CT molecular complexity index is 2410. The van der Waals surface area contributed by atoms with Crippen LogP contribution in [0.15, 0.2) is 133 Å². The van der Waals surface area contributed by atoms with Crippen molar-refractivity contribution in [3.8, 4) is 0 Å². The van der Waals surface area contributed by atoms with E-state index in [1.165, 1.54) is 94.7 Å². The SMILES string of the molecule is CCCN(c1ccc(C(c2ccc(N(CCC)c3c(C)cc(C)cc3C)cc2)c2ccc(NCc3ccc(C(C)CC)cc3)c3ccccc23)cc1)c1c(C)cc(C)cc1C. The van der Waals surface area contributed by atoms with Gasteiger partial charge in [0.25, 0.3) is 0 Å². The minimum absolute atomic E-state index is 0.0279. The number of rotatable bonds is 16. The summed E-state index contributed by atoms with van der Waals surface area (Å²) in [7, 11) is 0. The monoisotopic (exact) mass is 806 g/mol. The quantitative estimate of drug-likeness (QED) is 0.0982. The van der Waals surface area contributed by atoms with Crippen molar-refractivity contribution in [2.45, 2.75) is 107 Å². The van der Waals surface area contributed by atoms with Gasteiger partial charge >= 0.3 is 0 Å². The molecule has 314 valence electrons. The fourth-order valence-electron chi connectivity index (χ4n) is 9.75. The minimum Gasteiger partial charge on any atom is -0.380 e. The molecule has 3 heteroatoms. The van der Waals surface area contributed by atoms with Crippen molar-refractivity contribution in [2.75, 3.05) is 28.2 Å². The molecule has 0 aliphatic carbocycles. The normalized spacial score (nSPS) is 11.9. The van der Waals surface area contributed by atoms with Crippen molar-refractivity contribution in [3.05, 3.63) is 195 Å². The molecule has 61 heavy (non-hydrogen) atoms. The van der Waals surface area contributed by atoms with Crippen LogP contribution >= 0.6 is 0 Å². The highest BCUT2D eigenvalue weighted by molar-refractivity contribution is 5.97. The van der Waals surface area contributed by atoms with Gasteiger partial charge in [0.1, 0.15) is 0 Å². The molecule has 0 saturated carbocycles. The Morgan fingerprint density at radius 2 is 0.934 bits per heavy atom. The summed E-state index contributed by atoms with van der Waals surface area (Å²) in [5.41, 5.74) is 20.8. The predicted octanol–water partition coefficient (Wildman–Crippen LogP) is 16.1. The number of nitrogens with zero attached hydrogens (tertiary/aromatic N) is 2. The topological polar surface area (TPSA) is 18.5 Å². The molecule has 0 aliphatic heterocycles. The van der Waals surface area contributed by atoms with Crippen LogP contribution in [0, 0.1) is 41.5 Å². The lowest BCUT2D eigenvalue weighted by molar-refractivity contribution is 0.733. The summed E-state index contributed by atoms with van der Waals surface area (Å²) < 4.78 is 0. The first-order valence-electron chi connectivity index (χ1n) is 22.8. The van der Waals surface area contributed by atoms with Gasteiger partial charge < -0.3 is 15.1 Å². The Morgan fingerprint density at radius 1 is 0.492 bits per heavy atom. The molecule has 7 aromatic carbocycles. The summed E-state index contributed by atoms with van der Waals surface area (Å²) in [5, 5.41) is 6.34. The third-order valence-electron chi connectivity index (χ3n) is 12.7. The van der Waals surface area contributed by atoms with Crippen LogP contribution in [-0.2, 0) is 6.54 Å². The minimum atomic E-state index is 0.0279. The lowest BCUT2D eigenvalue weighted by Gasteiger charge is -2.30. The smallest absolute Gasteiger partial charge is 0.0470 e. The third-order valence-corrected chi connectivity index (χ3v) is 12.7. The fraction of sp³-hybridized carbons (Fsp3) is 0.310. The highest BCUT2D eigenvalue weighted by atomic mass is 15.1. The van der Waals surface area contributed by atoms with Crippen molar-refractivity contribution in [1.82, 2.24) is 0 Å². The maximum atomic E-state index is 3.82. The van der Waals surface area contributed by atoms with Gasteiger partial charge in [-0.05, 0) is 153 Å². The zero-order valence-corrected chi connectivity index (χ0v) is 38.5. The first-order chi connectivity index (χ1) is 29.5. The van der Waals surface area contributed by atoms with Crippen LogP contribution in [0.4, 0.5) is 28.4 Å². The fourth-order valence-corrected chi connectivity index (χ4v) is 9.75. The molecule has 7 rings (SSSR count). The molecule has 0 saturated heterocycles. The molecule has 0 heterocycles. The number of hydrogen-bond acceptors (Lipinski definition) is 3. The molecule has 3 nitrogen and oxygen atoms in total. The van der Waals surface area contributed by atoms with Gasteiger partial charge in [-0.15, -0.1) is 0 Å². The second-order valence-corrected chi connectivity index (χ2v) is 17.6. The molecule has 0 aromatic heterocycles. The van der Waals surface area contributed by atoms with E-state index in [1.54, 1.807) is 0 Å². The standard InChI is InChI=1S/C58H67N3/c1-11-32-60(57-42(7)34-39(4)35-43(57)8)50-26-22-48(23-27-50)56(49-24-28-51(29-25-49)61(33-12-2)58-44(9)36-40(5)37-45(58)10)54-30-31-55(53-17-15-14-16-52(53)54)59-38-46-18-20-47(21-19-46)41(6)13-3/h14-31,34-37,41,56,59H,11-13,32-33,38H2,1-10H3. The maximum Gasteiger partial charge on any atom is 0.0470 e. The molecular formula is C58H67N3. The molecule has 0 spiro atoms. The molecule has 0 bridgehead atoms. The molecule has 1 atom stereocenters. The zero-order chi connectivity index (χ0) is 43.2. The zero-order valence-electron chi connectivity index (χ0n) is 38.5. The molecular weight excluding hydrogens is 739 g/mol. The lowest BCUT2D eigenvalue weighted by Crippen LogP contribution is -2.20. The number of fused-ring (bicyclic) bond motifs is 1. The first kappa shape index (κ1) is 43.3. The molecule has 0 radical (unpaired) electrons. The largest absolute Gasteiger partial charge is 0.380 e. The second kappa shape index (κ2) is 19.3. The summed E-state index contributed by atoms with van der Waals surface area (Å²) in [6.45, 7) is 25.2. The summed E-state index contributed by atoms with van der Waals surface area (Å²) in [6, 6.07) is 50.9. The summed E-state index contributed by atoms with van der Waals surface area (Å²) >= 11 is 0. The predicted molar refractivity (Wildman–Crippen MR) is 266 cm³/mol. The average Bonchev–Trinajstić information content (AvgIpc) is 3.25. The van der Waals surface area contributed by atoms with Crippen molar-refractivity contribution >= 4 is 39.2 Å². The van der Waals surface area contributed by atoms with Gasteiger partial charge in [0, 0.05) is 59.4 Å². The molecule has 7 aromatic rings. The Morgan fingerprint density at radius 3 is 1.38 bits per heavy atom. The van der Waals surface area contributed by atoms with Gasteiger partial charge in [-0.25, -0.2) is 0 Å². The van der Waals surface area contributed by atoms with E-state index in [0.29, 0.717) is 5.92 Å². The summed E-state index contributed by atoms with van der Waals surface area (Å²) in [5.74, 6) is 0.604. The number of aryl methyl sites for hydroxylation is 6. The Labute approximate surface area is 367 Å². The van der Waals surface area contributed by atoms with E-state index in [9.17, 15) is 0 Å². The van der Waals surface area contributed by atoms with Gasteiger partial charge in [-0.2, -0.15) is 0 Å². The van der Waals surface area contributed by atoms with Crippen LogP contribution in [0.5, 0.6) is 0 Å². The summed E-state index contributed by atoms with van der Waals surface area (Å²) in [6.07, 6.45) is 3.28. The van der Waals surface area contributed by atoms with E-state index in [0.717, 1.165) is 44.6 Å². The molecule has 0 amide bonds. The van der Waals surface area contributed by atoms with Crippen molar-refractivity contribution in [1.29, 1.82) is 0 Å². The first-order valence-corrected chi connectivity index (χ1v) is 22.8. The van der Waals surface area contributed by atoms with E-state index >= 15 is 0 Å². The van der Waals surface area contributed by atoms with E-state index < -0.39 is 0 Å². The van der Waals surface area contributed by atoms with E-state index in [-0.39, 0.29) is 5.92 Å². The molecule has 1 unspecified atom stereocenters. The Kier molecular flexibility index (Phi) is 13.7. The van der Waals surface area contributed by atoms with Crippen molar-refractivity contribution in [2.24, 2.45) is 0 Å². The van der Waals surface area contributed by atoms with Crippen LogP contribution in [0.3, 0.4) is 0 Å². The van der Waals surface area contributed by atoms with Crippen LogP contribution in [0.2, 0.25) is 0 Å². The average molecular weight is 806 g/mol. The van der Waals surface area contributed by atoms with Crippen LogP contribution in [-0.4, -0.2) is 13.1 Å². The lowest BCUT2D eigenvalue weighted by atomic mass is 9.82. The highest BCUT2D eigenvalue weighted by Gasteiger charge is 2.23. The van der Waals surface area contributed by atoms with Gasteiger partial charge in [0.05, 0.1) is 0 Å². The Hall–Kier alpha value is -5.80. The van der Waals surface area contributed by atoms with Crippen molar-refractivity contribution < 1.29 is 0 Å². The second-order valence-electron chi connectivity index (χ2n) is 17.6. The Balaban J connectivity index is 1.31. The number of anilines is 5. The van der Waals surface area contributed by atoms with Gasteiger partial charge in [0.2, 0.25) is 0 Å². The van der Waals surface area contributed by atoms with Gasteiger partial charge in [0.15, 0.2) is 0 Å². The van der Waals surface area contributed by atoms with Crippen molar-refractivity contribution in [3.63, 3.8) is 0 Å². The van der Waals surface area contributed by atoms with Crippen LogP contribution in [0.25, 0.3) is 10.8 Å². The number of hydrogen-bond donors (Lipinski definition) is 1. The molecule has 0 aliphatic rings. The van der Waals surface area contributed by atoms with E-state index in [1.807, 2.05) is 0 Å². The highest BCUT2D eigenvalue weighted by Crippen LogP contribution is 2.42. The summed E-state index contributed by atoms with van der Waals surface area (Å²) in [4.78, 5) is 5.03. The number of benzene rings is 7. The van der Waals surface area contributed by atoms with Crippen LogP contribution < -0.4 is 15.1 Å². The van der Waals surface area contributed by atoms with E-state index in [2.05, 4.69) is 218 Å². The number of nitrogens with one attached hydrogen (secondary N) is 1. The molecule has 0 fully saturated rings. The third kappa shape index (κ3) is 9.42. The molecule has 1 N–H and O–H groups in total. The van der Waals surface area contributed by atoms with Crippen LogP contribution in [0.1, 0.15) is 120 Å². The van der Waals surface area contributed by atoms with E-state index in [4.69, 9.17) is 0 Å². The maximum absolute atomic E-state index is 3.82.